The maximum Gasteiger partial charge on any atom is 0.135 e. The van der Waals surface area contributed by atoms with Crippen molar-refractivity contribution in [2.75, 3.05) is 4.90 Å². The molecule has 2 nitrogen and oxygen atoms in total. The first-order valence-electron chi connectivity index (χ1n) is 17.2. The Morgan fingerprint density at radius 1 is 0.353 bits per heavy atom. The third-order valence-electron chi connectivity index (χ3n) is 9.89. The van der Waals surface area contributed by atoms with Crippen LogP contribution in [-0.4, -0.2) is 0 Å². The molecule has 0 atom stereocenters. The molecular formula is C48H31NOS. The topological polar surface area (TPSA) is 16.4 Å². The van der Waals surface area contributed by atoms with E-state index in [0.717, 1.165) is 50.1 Å². The molecule has 10 aromatic rings. The molecule has 10 rings (SSSR count). The summed E-state index contributed by atoms with van der Waals surface area (Å²) < 4.78 is 8.81. The lowest BCUT2D eigenvalue weighted by Crippen LogP contribution is -2.11. The molecule has 0 unspecified atom stereocenters. The second kappa shape index (κ2) is 12.2. The highest BCUT2D eigenvalue weighted by molar-refractivity contribution is 7.25. The second-order valence-corrected chi connectivity index (χ2v) is 14.0. The van der Waals surface area contributed by atoms with E-state index in [9.17, 15) is 0 Å². The van der Waals surface area contributed by atoms with Crippen LogP contribution >= 0.6 is 11.3 Å². The lowest BCUT2D eigenvalue weighted by atomic mass is 9.97. The van der Waals surface area contributed by atoms with Crippen molar-refractivity contribution in [1.29, 1.82) is 0 Å². The zero-order valence-electron chi connectivity index (χ0n) is 27.7. The van der Waals surface area contributed by atoms with Crippen LogP contribution in [0.3, 0.4) is 0 Å². The van der Waals surface area contributed by atoms with E-state index < -0.39 is 0 Å². The van der Waals surface area contributed by atoms with Crippen molar-refractivity contribution in [3.63, 3.8) is 0 Å². The highest BCUT2D eigenvalue weighted by atomic mass is 32.1. The Morgan fingerprint density at radius 3 is 1.55 bits per heavy atom. The van der Waals surface area contributed by atoms with Crippen LogP contribution in [0.4, 0.5) is 17.1 Å². The van der Waals surface area contributed by atoms with E-state index in [1.165, 1.54) is 42.4 Å². The van der Waals surface area contributed by atoms with Gasteiger partial charge in [0.15, 0.2) is 0 Å². The molecule has 3 heteroatoms. The molecule has 0 spiro atoms. The standard InChI is InChI=1S/C48H31NOS/c1-3-11-32(12-4-1)34-19-24-37(25-20-34)49(38-26-21-35(22-27-38)33-13-5-2-6-14-33)44-31-48-43(40-16-8-10-18-47(40)51-48)30-41(44)36-23-28-46-42(29-36)39-15-7-9-17-45(39)50-46/h1-31H. The number of rotatable bonds is 6. The van der Waals surface area contributed by atoms with Gasteiger partial charge in [0.2, 0.25) is 0 Å². The molecule has 0 bridgehead atoms. The molecule has 2 aromatic heterocycles. The number of benzene rings is 8. The summed E-state index contributed by atoms with van der Waals surface area (Å²) in [6.07, 6.45) is 0. The summed E-state index contributed by atoms with van der Waals surface area (Å²) in [4.78, 5) is 2.42. The normalized spacial score (nSPS) is 11.5. The van der Waals surface area contributed by atoms with Crippen LogP contribution in [0.1, 0.15) is 0 Å². The molecule has 240 valence electrons. The number of thiophene rings is 1. The summed E-state index contributed by atoms with van der Waals surface area (Å²) >= 11 is 1.85. The van der Waals surface area contributed by atoms with Gasteiger partial charge in [-0.3, -0.25) is 0 Å². The summed E-state index contributed by atoms with van der Waals surface area (Å²) in [6, 6.07) is 67.6. The number of fused-ring (bicyclic) bond motifs is 6. The summed E-state index contributed by atoms with van der Waals surface area (Å²) in [5.41, 5.74) is 12.2. The Bertz CT molecular complexity index is 2750. The summed E-state index contributed by atoms with van der Waals surface area (Å²) in [5, 5.41) is 4.80. The third kappa shape index (κ3) is 5.18. The van der Waals surface area contributed by atoms with Crippen molar-refractivity contribution in [2.45, 2.75) is 0 Å². The van der Waals surface area contributed by atoms with Gasteiger partial charge in [-0.15, -0.1) is 11.3 Å². The molecule has 0 N–H and O–H groups in total. The molecular weight excluding hydrogens is 639 g/mol. The van der Waals surface area contributed by atoms with Gasteiger partial charge in [-0.25, -0.2) is 0 Å². The fraction of sp³-hybridized carbons (Fsp3) is 0. The van der Waals surface area contributed by atoms with E-state index in [0.29, 0.717) is 0 Å². The SMILES string of the molecule is c1ccc(-c2ccc(N(c3ccc(-c4ccccc4)cc3)c3cc4sc5ccccc5c4cc3-c3ccc4oc5ccccc5c4c3)cc2)cc1. The van der Waals surface area contributed by atoms with Gasteiger partial charge in [0.25, 0.3) is 0 Å². The van der Waals surface area contributed by atoms with E-state index in [-0.39, 0.29) is 0 Å². The predicted molar refractivity (Wildman–Crippen MR) is 218 cm³/mol. The van der Waals surface area contributed by atoms with Gasteiger partial charge in [0.1, 0.15) is 11.2 Å². The average Bonchev–Trinajstić information content (AvgIpc) is 3.76. The zero-order chi connectivity index (χ0) is 33.7. The van der Waals surface area contributed by atoms with Gasteiger partial charge in [-0.2, -0.15) is 0 Å². The first kappa shape index (κ1) is 29.5. The van der Waals surface area contributed by atoms with Gasteiger partial charge in [0, 0.05) is 47.9 Å². The summed E-state index contributed by atoms with van der Waals surface area (Å²) in [7, 11) is 0. The van der Waals surface area contributed by atoms with E-state index >= 15 is 0 Å². The number of nitrogens with zero attached hydrogens (tertiary/aromatic N) is 1. The highest BCUT2D eigenvalue weighted by Gasteiger charge is 2.21. The number of anilines is 3. The molecule has 8 aromatic carbocycles. The number of hydrogen-bond acceptors (Lipinski definition) is 3. The van der Waals surface area contributed by atoms with Crippen LogP contribution in [0, 0.1) is 0 Å². The van der Waals surface area contributed by atoms with Gasteiger partial charge < -0.3 is 9.32 Å². The molecule has 0 radical (unpaired) electrons. The Labute approximate surface area is 300 Å². The zero-order valence-corrected chi connectivity index (χ0v) is 28.5. The Kier molecular flexibility index (Phi) is 7.04. The minimum Gasteiger partial charge on any atom is -0.456 e. The van der Waals surface area contributed by atoms with Crippen LogP contribution in [-0.2, 0) is 0 Å². The molecule has 0 amide bonds. The van der Waals surface area contributed by atoms with Crippen molar-refractivity contribution >= 4 is 70.5 Å². The largest absolute Gasteiger partial charge is 0.456 e. The van der Waals surface area contributed by atoms with Gasteiger partial charge in [-0.05, 0) is 88.5 Å². The summed E-state index contributed by atoms with van der Waals surface area (Å²) in [5.74, 6) is 0. The van der Waals surface area contributed by atoms with Crippen molar-refractivity contribution in [3.05, 3.63) is 188 Å². The maximum atomic E-state index is 6.26. The number of furan rings is 1. The van der Waals surface area contributed by atoms with E-state index in [1.807, 2.05) is 23.5 Å². The van der Waals surface area contributed by atoms with Crippen LogP contribution in [0.25, 0.3) is 75.5 Å². The van der Waals surface area contributed by atoms with Gasteiger partial charge in [-0.1, -0.05) is 127 Å². The molecule has 2 heterocycles. The molecule has 0 fully saturated rings. The molecule has 0 aliphatic rings. The van der Waals surface area contributed by atoms with Crippen LogP contribution in [0.15, 0.2) is 192 Å². The second-order valence-electron chi connectivity index (χ2n) is 12.9. The van der Waals surface area contributed by atoms with Gasteiger partial charge in [0.05, 0.1) is 5.69 Å². The maximum absolute atomic E-state index is 6.26. The van der Waals surface area contributed by atoms with Crippen LogP contribution in [0.5, 0.6) is 0 Å². The van der Waals surface area contributed by atoms with E-state index in [1.54, 1.807) is 0 Å². The quantitative estimate of drug-likeness (QED) is 0.175. The Morgan fingerprint density at radius 2 is 0.882 bits per heavy atom. The van der Waals surface area contributed by atoms with Crippen molar-refractivity contribution in [2.24, 2.45) is 0 Å². The molecule has 51 heavy (non-hydrogen) atoms. The van der Waals surface area contributed by atoms with Gasteiger partial charge >= 0.3 is 0 Å². The van der Waals surface area contributed by atoms with Crippen molar-refractivity contribution in [3.8, 4) is 33.4 Å². The first-order chi connectivity index (χ1) is 25.3. The fourth-order valence-electron chi connectivity index (χ4n) is 7.36. The molecule has 0 saturated heterocycles. The third-order valence-corrected chi connectivity index (χ3v) is 11.0. The first-order valence-corrected chi connectivity index (χ1v) is 18.1. The lowest BCUT2D eigenvalue weighted by molar-refractivity contribution is 0.669. The number of hydrogen-bond donors (Lipinski definition) is 0. The minimum absolute atomic E-state index is 0.897. The smallest absolute Gasteiger partial charge is 0.135 e. The number of para-hydroxylation sites is 1. The molecule has 0 saturated carbocycles. The Hall–Kier alpha value is -6.42. The van der Waals surface area contributed by atoms with Crippen LogP contribution < -0.4 is 4.90 Å². The van der Waals surface area contributed by atoms with Crippen LogP contribution in [0.2, 0.25) is 0 Å². The summed E-state index contributed by atoms with van der Waals surface area (Å²) in [6.45, 7) is 0. The minimum atomic E-state index is 0.897. The molecule has 0 aliphatic carbocycles. The van der Waals surface area contributed by atoms with Crippen molar-refractivity contribution < 1.29 is 4.42 Å². The monoisotopic (exact) mass is 669 g/mol. The molecule has 0 aliphatic heterocycles. The highest BCUT2D eigenvalue weighted by Crippen LogP contribution is 2.47. The van der Waals surface area contributed by atoms with E-state index in [4.69, 9.17) is 4.42 Å². The Balaban J connectivity index is 1.22. The predicted octanol–water partition coefficient (Wildman–Crippen LogP) is 14.4. The lowest BCUT2D eigenvalue weighted by Gasteiger charge is -2.28. The van der Waals surface area contributed by atoms with Crippen molar-refractivity contribution in [1.82, 2.24) is 0 Å². The van der Waals surface area contributed by atoms with E-state index in [2.05, 4.69) is 181 Å². The fourth-order valence-corrected chi connectivity index (χ4v) is 8.49. The average molecular weight is 670 g/mol.